The number of nitrogens with zero attached hydrogens (tertiary/aromatic N) is 2. The number of carbonyl (C=O) groups is 5. The monoisotopic (exact) mass is 1040 g/mol. The molecule has 0 heterocycles. The molecule has 2 aliphatic carbocycles. The molecular formula is C62H72N2O12. The Balaban J connectivity index is 1.47. The fraction of sp³-hybridized carbons (Fsp3) is 0.355. The third-order valence-electron chi connectivity index (χ3n) is 12.4. The summed E-state index contributed by atoms with van der Waals surface area (Å²) in [5.74, 6) is -1.17. The Morgan fingerprint density at radius 2 is 0.921 bits per heavy atom. The third kappa shape index (κ3) is 16.5. The van der Waals surface area contributed by atoms with Crippen molar-refractivity contribution in [2.45, 2.75) is 105 Å². The Morgan fingerprint density at radius 1 is 0.539 bits per heavy atom. The van der Waals surface area contributed by atoms with Crippen molar-refractivity contribution in [3.05, 3.63) is 168 Å². The molecule has 0 radical (unpaired) electrons. The van der Waals surface area contributed by atoms with Crippen LogP contribution in [0.25, 0.3) is 5.57 Å². The van der Waals surface area contributed by atoms with E-state index < -0.39 is 23.9 Å². The lowest BCUT2D eigenvalue weighted by molar-refractivity contribution is -0.486. The minimum Gasteiger partial charge on any atom is -0.871 e. The highest BCUT2D eigenvalue weighted by molar-refractivity contribution is 6.39. The number of hydrogen-bond donors (Lipinski definition) is 0. The molecule has 0 fully saturated rings. The molecule has 0 N–H and O–H groups in total. The number of ether oxygens (including phenoxy) is 6. The van der Waals surface area contributed by atoms with Crippen LogP contribution >= 0.6 is 0 Å². The van der Waals surface area contributed by atoms with E-state index >= 15 is 0 Å². The van der Waals surface area contributed by atoms with E-state index in [-0.39, 0.29) is 61.2 Å². The normalized spacial score (nSPS) is 12.8. The molecule has 14 nitrogen and oxygen atoms in total. The van der Waals surface area contributed by atoms with Crippen LogP contribution in [0, 0.1) is 0 Å². The second-order valence-electron chi connectivity index (χ2n) is 18.6. The molecule has 0 saturated carbocycles. The molecular weight excluding hydrogens is 965 g/mol. The molecule has 0 amide bonds. The molecule has 0 aromatic heterocycles. The SMILES string of the molecule is C=C(C)C(=O)OCCCC(CCCOC(=O)C(=C)C)N(c1ccc(OCC)cc1)c1ccc(C2=C([O-])C(=C3C=CC(=[N+](c4ccc(OCC)cc4)C(CCCOC(=O)C(=C)C)CCCOC(=O)C(=C)C)C=C3)C2=O)cc1. The van der Waals surface area contributed by atoms with E-state index in [0.717, 1.165) is 22.8 Å². The van der Waals surface area contributed by atoms with Gasteiger partial charge in [0.25, 0.3) is 0 Å². The maximum Gasteiger partial charge on any atom is 0.333 e. The first-order chi connectivity index (χ1) is 36.4. The van der Waals surface area contributed by atoms with E-state index in [1.54, 1.807) is 52.0 Å². The summed E-state index contributed by atoms with van der Waals surface area (Å²) in [6.07, 6.45) is 11.8. The number of allylic oxidation sites excluding steroid dienone is 7. The molecule has 76 heavy (non-hydrogen) atoms. The van der Waals surface area contributed by atoms with E-state index in [1.165, 1.54) is 0 Å². The van der Waals surface area contributed by atoms with Gasteiger partial charge in [0.15, 0.2) is 11.8 Å². The predicted molar refractivity (Wildman–Crippen MR) is 294 cm³/mol. The zero-order valence-corrected chi connectivity index (χ0v) is 44.9. The van der Waals surface area contributed by atoms with Crippen molar-refractivity contribution >= 4 is 58.0 Å². The number of Topliss-reactive ketones (excluding diaryl/α,β-unsaturated/α-hetero) is 1. The topological polar surface area (TPSA) is 170 Å². The molecule has 2 aliphatic rings. The fourth-order valence-electron chi connectivity index (χ4n) is 8.61. The third-order valence-corrected chi connectivity index (χ3v) is 12.4. The Kier molecular flexibility index (Phi) is 22.6. The number of ketones is 1. The highest BCUT2D eigenvalue weighted by atomic mass is 16.5. The molecule has 14 heteroatoms. The quantitative estimate of drug-likeness (QED) is 0.0203. The molecule has 0 spiro atoms. The minimum atomic E-state index is -0.463. The van der Waals surface area contributed by atoms with Gasteiger partial charge < -0.3 is 38.4 Å². The van der Waals surface area contributed by atoms with Gasteiger partial charge in [0.1, 0.15) is 11.5 Å². The summed E-state index contributed by atoms with van der Waals surface area (Å²) in [6, 6.07) is 22.4. The number of benzene rings is 3. The Bertz CT molecular complexity index is 2710. The summed E-state index contributed by atoms with van der Waals surface area (Å²) in [6.45, 7) is 26.7. The lowest BCUT2D eigenvalue weighted by atomic mass is 9.80. The van der Waals surface area contributed by atoms with E-state index in [2.05, 4.69) is 35.8 Å². The zero-order valence-electron chi connectivity index (χ0n) is 44.9. The Hall–Kier alpha value is -8.00. The lowest BCUT2D eigenvalue weighted by Crippen LogP contribution is -2.32. The van der Waals surface area contributed by atoms with Crippen LogP contribution in [-0.4, -0.2) is 91.7 Å². The second kappa shape index (κ2) is 29.2. The predicted octanol–water partition coefficient (Wildman–Crippen LogP) is 10.8. The minimum absolute atomic E-state index is 0.0872. The number of esters is 4. The van der Waals surface area contributed by atoms with Gasteiger partial charge in [-0.25, -0.2) is 19.2 Å². The fourth-order valence-corrected chi connectivity index (χ4v) is 8.61. The first-order valence-electron chi connectivity index (χ1n) is 25.8. The van der Waals surface area contributed by atoms with Gasteiger partial charge in [0.05, 0.1) is 39.6 Å². The lowest BCUT2D eigenvalue weighted by Gasteiger charge is -2.35. The number of hydrogen-bond acceptors (Lipinski definition) is 13. The van der Waals surface area contributed by atoms with Crippen LogP contribution in [0.5, 0.6) is 11.5 Å². The number of anilines is 2. The van der Waals surface area contributed by atoms with E-state index in [9.17, 15) is 29.1 Å². The second-order valence-corrected chi connectivity index (χ2v) is 18.6. The van der Waals surface area contributed by atoms with Gasteiger partial charge in [-0.15, -0.1) is 0 Å². The number of rotatable bonds is 30. The van der Waals surface area contributed by atoms with Crippen molar-refractivity contribution < 1.29 is 62.1 Å². The maximum absolute atomic E-state index is 14.1. The molecule has 0 unspecified atom stereocenters. The van der Waals surface area contributed by atoms with Crippen molar-refractivity contribution in [1.29, 1.82) is 0 Å². The van der Waals surface area contributed by atoms with Gasteiger partial charge in [0, 0.05) is 88.0 Å². The Morgan fingerprint density at radius 3 is 1.30 bits per heavy atom. The Labute approximate surface area is 447 Å². The van der Waals surface area contributed by atoms with Crippen LogP contribution < -0.4 is 19.5 Å². The van der Waals surface area contributed by atoms with E-state index in [1.807, 2.05) is 86.7 Å². The molecule has 0 atom stereocenters. The smallest absolute Gasteiger partial charge is 0.333 e. The van der Waals surface area contributed by atoms with Gasteiger partial charge in [-0.2, -0.15) is 4.58 Å². The molecule has 0 aliphatic heterocycles. The van der Waals surface area contributed by atoms with Crippen molar-refractivity contribution in [3.63, 3.8) is 0 Å². The largest absolute Gasteiger partial charge is 0.871 e. The summed E-state index contributed by atoms with van der Waals surface area (Å²) in [7, 11) is 0. The van der Waals surface area contributed by atoms with Crippen molar-refractivity contribution in [3.8, 4) is 11.5 Å². The summed E-state index contributed by atoms with van der Waals surface area (Å²) >= 11 is 0. The van der Waals surface area contributed by atoms with Gasteiger partial charge >= 0.3 is 23.9 Å². The average Bonchev–Trinajstić information content (AvgIpc) is 3.41. The van der Waals surface area contributed by atoms with Crippen molar-refractivity contribution in [2.75, 3.05) is 44.5 Å². The van der Waals surface area contributed by atoms with Crippen LogP contribution in [0.4, 0.5) is 17.1 Å². The van der Waals surface area contributed by atoms with Gasteiger partial charge in [0.2, 0.25) is 11.4 Å². The van der Waals surface area contributed by atoms with Crippen LogP contribution in [0.15, 0.2) is 163 Å². The molecule has 3 aromatic rings. The van der Waals surface area contributed by atoms with Crippen LogP contribution in [0.3, 0.4) is 0 Å². The standard InChI is InChI=1S/C62H72N2O12/c1-11-71-53-33-29-51(30-34-53)63(47(17-13-37-73-59(67)41(3)4)18-14-38-74-60(68)42(5)6)49-25-21-45(22-26-49)55-57(65)56(58(55)66)46-23-27-50(28-24-46)64(52-31-35-54(36-32-52)72-12-2)48(19-15-39-75-61(69)43(7)8)20-16-40-76-62(70)44(9)10/h21-36,47-48H,3,5,7,9,11-20,37-40H2,1-2,4,6,8,10H3. The highest BCUT2D eigenvalue weighted by Gasteiger charge is 2.33. The van der Waals surface area contributed by atoms with Crippen LogP contribution in [-0.2, 0) is 42.9 Å². The molecule has 3 aromatic carbocycles. The molecule has 402 valence electrons. The summed E-state index contributed by atoms with van der Waals surface area (Å²) in [5, 5.41) is 14.1. The van der Waals surface area contributed by atoms with Gasteiger partial charge in [-0.3, -0.25) is 4.79 Å². The van der Waals surface area contributed by atoms with E-state index in [4.69, 9.17) is 28.4 Å². The zero-order chi connectivity index (χ0) is 55.3. The first kappa shape index (κ1) is 58.9. The van der Waals surface area contributed by atoms with Crippen LogP contribution in [0.1, 0.15) is 98.5 Å². The van der Waals surface area contributed by atoms with Crippen molar-refractivity contribution in [2.24, 2.45) is 0 Å². The first-order valence-corrected chi connectivity index (χ1v) is 25.8. The molecule has 0 saturated heterocycles. The van der Waals surface area contributed by atoms with E-state index in [0.29, 0.717) is 110 Å². The maximum atomic E-state index is 14.1. The van der Waals surface area contributed by atoms with Gasteiger partial charge in [-0.1, -0.05) is 44.2 Å². The average molecular weight is 1040 g/mol. The number of carbonyl (C=O) groups excluding carboxylic acids is 5. The van der Waals surface area contributed by atoms with Crippen LogP contribution in [0.2, 0.25) is 0 Å². The van der Waals surface area contributed by atoms with Gasteiger partial charge in [-0.05, 0) is 152 Å². The summed E-state index contributed by atoms with van der Waals surface area (Å²) in [5.41, 5.74) is 5.65. The molecule has 5 rings (SSSR count). The molecule has 0 bridgehead atoms. The highest BCUT2D eigenvalue weighted by Crippen LogP contribution is 2.40. The summed E-state index contributed by atoms with van der Waals surface area (Å²) in [4.78, 5) is 65.1. The summed E-state index contributed by atoms with van der Waals surface area (Å²) < 4.78 is 35.4. The van der Waals surface area contributed by atoms with Crippen molar-refractivity contribution in [1.82, 2.24) is 0 Å².